The van der Waals surface area contributed by atoms with E-state index in [1.165, 1.54) is 24.3 Å². The van der Waals surface area contributed by atoms with Crippen LogP contribution in [0.5, 0.6) is 5.75 Å². The lowest BCUT2D eigenvalue weighted by atomic mass is 10.1. The number of nitro groups is 1. The van der Waals surface area contributed by atoms with Gasteiger partial charge in [0, 0.05) is 50.4 Å². The van der Waals surface area contributed by atoms with Crippen LogP contribution >= 0.6 is 0 Å². The van der Waals surface area contributed by atoms with Gasteiger partial charge in [0.25, 0.3) is 11.6 Å². The fraction of sp³-hybridized carbons (Fsp3) is 0.350. The molecule has 0 aromatic heterocycles. The lowest BCUT2D eigenvalue weighted by Gasteiger charge is -2.35. The van der Waals surface area contributed by atoms with Gasteiger partial charge in [0.1, 0.15) is 18.5 Å². The van der Waals surface area contributed by atoms with E-state index in [9.17, 15) is 20.0 Å². The molecule has 148 valence electrons. The number of nitro benzene ring substituents is 1. The summed E-state index contributed by atoms with van der Waals surface area (Å²) in [6.45, 7) is 3.09. The second-order valence-electron chi connectivity index (χ2n) is 6.67. The third-order valence-electron chi connectivity index (χ3n) is 4.64. The first-order valence-electron chi connectivity index (χ1n) is 9.15. The van der Waals surface area contributed by atoms with E-state index in [4.69, 9.17) is 4.74 Å². The number of amides is 1. The number of β-amino-alcohol motifs (C(OH)–C–C–N with tert-alkyl or cyclic N) is 1. The summed E-state index contributed by atoms with van der Waals surface area (Å²) >= 11 is 0. The summed E-state index contributed by atoms with van der Waals surface area (Å²) in [4.78, 5) is 26.6. The molecule has 0 bridgehead atoms. The summed E-state index contributed by atoms with van der Waals surface area (Å²) in [6, 6.07) is 15.0. The lowest BCUT2D eigenvalue weighted by Crippen LogP contribution is -2.50. The second-order valence-corrected chi connectivity index (χ2v) is 6.67. The number of aliphatic hydroxyl groups excluding tert-OH is 1. The van der Waals surface area contributed by atoms with Crippen molar-refractivity contribution in [1.29, 1.82) is 0 Å². The highest BCUT2D eigenvalue weighted by atomic mass is 16.6. The van der Waals surface area contributed by atoms with Crippen molar-refractivity contribution in [3.63, 3.8) is 0 Å². The number of rotatable bonds is 7. The van der Waals surface area contributed by atoms with Gasteiger partial charge in [-0.05, 0) is 24.3 Å². The number of piperazine rings is 1. The fourth-order valence-corrected chi connectivity index (χ4v) is 3.10. The van der Waals surface area contributed by atoms with E-state index in [-0.39, 0.29) is 18.2 Å². The molecular formula is C20H23N3O5. The van der Waals surface area contributed by atoms with Crippen LogP contribution in [0.4, 0.5) is 5.69 Å². The maximum absolute atomic E-state index is 12.5. The number of ether oxygens (including phenoxy) is 1. The van der Waals surface area contributed by atoms with Crippen molar-refractivity contribution in [3.8, 4) is 5.75 Å². The van der Waals surface area contributed by atoms with Gasteiger partial charge in [-0.1, -0.05) is 18.2 Å². The summed E-state index contributed by atoms with van der Waals surface area (Å²) in [7, 11) is 0. The molecule has 1 fully saturated rings. The Kier molecular flexibility index (Phi) is 6.57. The topological polar surface area (TPSA) is 96.2 Å². The molecular weight excluding hydrogens is 362 g/mol. The first-order valence-corrected chi connectivity index (χ1v) is 9.15. The van der Waals surface area contributed by atoms with Crippen molar-refractivity contribution in [2.24, 2.45) is 0 Å². The van der Waals surface area contributed by atoms with Crippen LogP contribution in [-0.4, -0.2) is 71.2 Å². The second kappa shape index (κ2) is 9.29. The molecule has 28 heavy (non-hydrogen) atoms. The number of carbonyl (C=O) groups is 1. The van der Waals surface area contributed by atoms with Crippen LogP contribution in [0.3, 0.4) is 0 Å². The van der Waals surface area contributed by atoms with E-state index in [2.05, 4.69) is 4.90 Å². The predicted octanol–water partition coefficient (Wildman–Crippen LogP) is 1.79. The van der Waals surface area contributed by atoms with Gasteiger partial charge in [-0.25, -0.2) is 0 Å². The van der Waals surface area contributed by atoms with Gasteiger partial charge in [-0.2, -0.15) is 0 Å². The van der Waals surface area contributed by atoms with E-state index in [0.29, 0.717) is 38.3 Å². The minimum atomic E-state index is -0.614. The minimum Gasteiger partial charge on any atom is -0.491 e. The van der Waals surface area contributed by atoms with Crippen molar-refractivity contribution in [3.05, 3.63) is 70.3 Å². The molecule has 0 saturated carbocycles. The van der Waals surface area contributed by atoms with Crippen LogP contribution in [0.15, 0.2) is 54.6 Å². The zero-order chi connectivity index (χ0) is 19.9. The molecule has 1 aliphatic rings. The monoisotopic (exact) mass is 385 g/mol. The molecule has 8 heteroatoms. The molecule has 8 nitrogen and oxygen atoms in total. The van der Waals surface area contributed by atoms with Crippen molar-refractivity contribution in [2.75, 3.05) is 39.3 Å². The fourth-order valence-electron chi connectivity index (χ4n) is 3.10. The predicted molar refractivity (Wildman–Crippen MR) is 103 cm³/mol. The van der Waals surface area contributed by atoms with Gasteiger partial charge in [0.2, 0.25) is 0 Å². The van der Waals surface area contributed by atoms with E-state index in [1.54, 1.807) is 4.90 Å². The third-order valence-corrected chi connectivity index (χ3v) is 4.64. The van der Waals surface area contributed by atoms with Crippen LogP contribution in [0.1, 0.15) is 10.4 Å². The first kappa shape index (κ1) is 19.8. The van der Waals surface area contributed by atoms with Crippen LogP contribution in [-0.2, 0) is 0 Å². The van der Waals surface area contributed by atoms with Crippen LogP contribution in [0, 0.1) is 10.1 Å². The Labute approximate surface area is 163 Å². The van der Waals surface area contributed by atoms with Gasteiger partial charge >= 0.3 is 0 Å². The van der Waals surface area contributed by atoms with Gasteiger partial charge in [-0.3, -0.25) is 19.8 Å². The van der Waals surface area contributed by atoms with E-state index in [1.807, 2.05) is 30.3 Å². The molecule has 3 rings (SSSR count). The highest BCUT2D eigenvalue weighted by molar-refractivity contribution is 5.94. The number of carbonyl (C=O) groups excluding carboxylic acids is 1. The summed E-state index contributed by atoms with van der Waals surface area (Å²) in [5.41, 5.74) is 0.406. The number of non-ortho nitro benzene ring substituents is 1. The maximum atomic E-state index is 12.5. The Morgan fingerprint density at radius 3 is 2.32 bits per heavy atom. The average molecular weight is 385 g/mol. The highest BCUT2D eigenvalue weighted by Gasteiger charge is 2.24. The van der Waals surface area contributed by atoms with E-state index < -0.39 is 11.0 Å². The number of benzene rings is 2. The normalized spacial score (nSPS) is 15.8. The number of para-hydroxylation sites is 1. The van der Waals surface area contributed by atoms with Gasteiger partial charge in [0.15, 0.2) is 0 Å². The van der Waals surface area contributed by atoms with Gasteiger partial charge in [0.05, 0.1) is 4.92 Å². The molecule has 1 atom stereocenters. The molecule has 1 aliphatic heterocycles. The Balaban J connectivity index is 1.43. The molecule has 1 N–H and O–H groups in total. The lowest BCUT2D eigenvalue weighted by molar-refractivity contribution is -0.384. The third kappa shape index (κ3) is 5.28. The van der Waals surface area contributed by atoms with Gasteiger partial charge < -0.3 is 14.7 Å². The summed E-state index contributed by atoms with van der Waals surface area (Å²) < 4.78 is 5.56. The molecule has 0 radical (unpaired) electrons. The SMILES string of the molecule is O=C(c1ccc([N+](=O)[O-])cc1)N1CCN(CC(O)COc2ccccc2)CC1. The van der Waals surface area contributed by atoms with Crippen molar-refractivity contribution >= 4 is 11.6 Å². The minimum absolute atomic E-state index is 0.0342. The van der Waals surface area contributed by atoms with Crippen molar-refractivity contribution < 1.29 is 19.6 Å². The van der Waals surface area contributed by atoms with Crippen LogP contribution in [0.25, 0.3) is 0 Å². The number of hydrogen-bond donors (Lipinski definition) is 1. The molecule has 1 amide bonds. The van der Waals surface area contributed by atoms with Gasteiger partial charge in [-0.15, -0.1) is 0 Å². The highest BCUT2D eigenvalue weighted by Crippen LogP contribution is 2.15. The zero-order valence-electron chi connectivity index (χ0n) is 15.4. The van der Waals surface area contributed by atoms with Crippen LogP contribution < -0.4 is 4.74 Å². The molecule has 1 saturated heterocycles. The Hall–Kier alpha value is -2.97. The maximum Gasteiger partial charge on any atom is 0.269 e. The molecule has 1 heterocycles. The zero-order valence-corrected chi connectivity index (χ0v) is 15.4. The number of nitrogens with zero attached hydrogens (tertiary/aromatic N) is 3. The standard InChI is InChI=1S/C20H23N3O5/c24-18(15-28-19-4-2-1-3-5-19)14-21-10-12-22(13-11-21)20(25)16-6-8-17(9-7-16)23(26)27/h1-9,18,24H,10-15H2. The van der Waals surface area contributed by atoms with Crippen molar-refractivity contribution in [1.82, 2.24) is 9.80 Å². The summed E-state index contributed by atoms with van der Waals surface area (Å²) in [6.07, 6.45) is -0.614. The van der Waals surface area contributed by atoms with E-state index in [0.717, 1.165) is 5.75 Å². The Morgan fingerprint density at radius 1 is 1.07 bits per heavy atom. The Morgan fingerprint density at radius 2 is 1.71 bits per heavy atom. The summed E-state index contributed by atoms with van der Waals surface area (Å²) in [5.74, 6) is 0.586. The van der Waals surface area contributed by atoms with Crippen molar-refractivity contribution in [2.45, 2.75) is 6.10 Å². The Bertz CT molecular complexity index is 789. The molecule has 0 spiro atoms. The summed E-state index contributed by atoms with van der Waals surface area (Å²) in [5, 5.41) is 20.9. The van der Waals surface area contributed by atoms with Crippen LogP contribution in [0.2, 0.25) is 0 Å². The molecule has 2 aromatic rings. The van der Waals surface area contributed by atoms with E-state index >= 15 is 0 Å². The molecule has 2 aromatic carbocycles. The molecule has 1 unspecified atom stereocenters. The number of hydrogen-bond acceptors (Lipinski definition) is 6. The average Bonchev–Trinajstić information content (AvgIpc) is 2.73. The smallest absolute Gasteiger partial charge is 0.269 e. The largest absolute Gasteiger partial charge is 0.491 e. The molecule has 0 aliphatic carbocycles. The quantitative estimate of drug-likeness (QED) is 0.577. The first-order chi connectivity index (χ1) is 13.5. The number of aliphatic hydroxyl groups is 1.